The number of rotatable bonds is 10. The van der Waals surface area contributed by atoms with Crippen molar-refractivity contribution in [2.24, 2.45) is 0 Å². The Bertz CT molecular complexity index is 1130. The van der Waals surface area contributed by atoms with E-state index in [1.807, 2.05) is 19.2 Å². The van der Waals surface area contributed by atoms with Gasteiger partial charge in [0, 0.05) is 19.2 Å². The molecule has 0 fully saturated rings. The van der Waals surface area contributed by atoms with Crippen LogP contribution in [0.25, 0.3) is 16.6 Å². The number of hydrogen-bond acceptors (Lipinski definition) is 7. The van der Waals surface area contributed by atoms with Crippen LogP contribution in [0.1, 0.15) is 19.7 Å². The summed E-state index contributed by atoms with van der Waals surface area (Å²) in [6.07, 6.45) is 0. The van der Waals surface area contributed by atoms with Crippen LogP contribution in [0.4, 0.5) is 5.69 Å². The van der Waals surface area contributed by atoms with E-state index in [2.05, 4.69) is 17.1 Å². The normalized spacial score (nSPS) is 11.2. The van der Waals surface area contributed by atoms with Crippen molar-refractivity contribution >= 4 is 16.6 Å². The van der Waals surface area contributed by atoms with Gasteiger partial charge in [0.05, 0.1) is 40.7 Å². The average Bonchev–Trinajstić information content (AvgIpc) is 2.77. The van der Waals surface area contributed by atoms with E-state index in [1.54, 1.807) is 25.1 Å². The molecule has 1 N–H and O–H groups in total. The summed E-state index contributed by atoms with van der Waals surface area (Å²) >= 11 is 0. The highest BCUT2D eigenvalue weighted by atomic mass is 16.6. The summed E-state index contributed by atoms with van der Waals surface area (Å²) in [7, 11) is 1.89. The summed E-state index contributed by atoms with van der Waals surface area (Å²) < 4.78 is 7.20. The van der Waals surface area contributed by atoms with Crippen LogP contribution in [0.3, 0.4) is 0 Å². The number of fused-ring (bicyclic) bond motifs is 1. The van der Waals surface area contributed by atoms with Crippen LogP contribution in [-0.2, 0) is 6.54 Å². The number of para-hydroxylation sites is 1. The van der Waals surface area contributed by atoms with Crippen molar-refractivity contribution in [1.82, 2.24) is 19.8 Å². The van der Waals surface area contributed by atoms with Gasteiger partial charge in [0.25, 0.3) is 11.2 Å². The van der Waals surface area contributed by atoms with Crippen LogP contribution < -0.4 is 15.6 Å². The van der Waals surface area contributed by atoms with E-state index in [4.69, 9.17) is 9.72 Å². The molecule has 1 heterocycles. The number of non-ortho nitro benzene ring substituents is 1. The average molecular weight is 425 g/mol. The van der Waals surface area contributed by atoms with Crippen LogP contribution in [-0.4, -0.2) is 52.7 Å². The quantitative estimate of drug-likeness (QED) is 0.393. The molecule has 0 aliphatic carbocycles. The maximum atomic E-state index is 13.5. The van der Waals surface area contributed by atoms with Crippen LogP contribution in [0.15, 0.2) is 47.3 Å². The lowest BCUT2D eigenvalue weighted by atomic mass is 10.2. The minimum absolute atomic E-state index is 0.0975. The van der Waals surface area contributed by atoms with Gasteiger partial charge in [0.2, 0.25) is 0 Å². The fourth-order valence-corrected chi connectivity index (χ4v) is 3.42. The van der Waals surface area contributed by atoms with Crippen LogP contribution in [0, 0.1) is 10.1 Å². The first-order chi connectivity index (χ1) is 15.0. The van der Waals surface area contributed by atoms with Gasteiger partial charge < -0.3 is 10.1 Å². The Morgan fingerprint density at radius 2 is 2.00 bits per heavy atom. The molecule has 2 aromatic carbocycles. The molecule has 0 spiro atoms. The third kappa shape index (κ3) is 4.89. The third-order valence-corrected chi connectivity index (χ3v) is 5.03. The summed E-state index contributed by atoms with van der Waals surface area (Å²) in [6.45, 7) is 6.96. The zero-order valence-corrected chi connectivity index (χ0v) is 18.0. The number of nitrogens with zero attached hydrogens (tertiary/aromatic N) is 4. The smallest absolute Gasteiger partial charge is 0.273 e. The van der Waals surface area contributed by atoms with Crippen molar-refractivity contribution in [2.75, 3.05) is 33.3 Å². The van der Waals surface area contributed by atoms with Crippen molar-refractivity contribution < 1.29 is 9.66 Å². The van der Waals surface area contributed by atoms with E-state index in [1.165, 1.54) is 16.7 Å². The number of hydrogen-bond donors (Lipinski definition) is 1. The lowest BCUT2D eigenvalue weighted by Gasteiger charge is -2.23. The van der Waals surface area contributed by atoms with E-state index in [0.29, 0.717) is 35.6 Å². The molecular formula is C22H27N5O4. The molecule has 0 bridgehead atoms. The number of nitro benzene ring substituents is 1. The number of benzene rings is 2. The van der Waals surface area contributed by atoms with Crippen molar-refractivity contribution in [3.63, 3.8) is 0 Å². The first-order valence-corrected chi connectivity index (χ1v) is 10.3. The highest BCUT2D eigenvalue weighted by Gasteiger charge is 2.20. The third-order valence-electron chi connectivity index (χ3n) is 5.03. The van der Waals surface area contributed by atoms with E-state index in [0.717, 1.165) is 19.6 Å². The molecule has 3 aromatic rings. The fourth-order valence-electron chi connectivity index (χ4n) is 3.42. The molecular weight excluding hydrogens is 398 g/mol. The monoisotopic (exact) mass is 425 g/mol. The zero-order chi connectivity index (χ0) is 22.4. The summed E-state index contributed by atoms with van der Waals surface area (Å²) in [5, 5.41) is 14.9. The number of nitro groups is 1. The minimum Gasteiger partial charge on any atom is -0.491 e. The fraction of sp³-hybridized carbons (Fsp3) is 0.364. The molecule has 9 heteroatoms. The highest BCUT2D eigenvalue weighted by molar-refractivity contribution is 5.78. The molecule has 31 heavy (non-hydrogen) atoms. The summed E-state index contributed by atoms with van der Waals surface area (Å²) in [5.41, 5.74) is 0.721. The molecule has 0 radical (unpaired) electrons. The number of likely N-dealkylation sites (N-methyl/N-ethyl adjacent to an activating group) is 2. The predicted molar refractivity (Wildman–Crippen MR) is 120 cm³/mol. The highest BCUT2D eigenvalue weighted by Crippen LogP contribution is 2.29. The van der Waals surface area contributed by atoms with Gasteiger partial charge in [-0.2, -0.15) is 0 Å². The van der Waals surface area contributed by atoms with Gasteiger partial charge in [-0.15, -0.1) is 0 Å². The molecule has 0 saturated heterocycles. The molecule has 9 nitrogen and oxygen atoms in total. The second-order valence-electron chi connectivity index (χ2n) is 7.00. The van der Waals surface area contributed by atoms with Gasteiger partial charge in [-0.3, -0.25) is 24.4 Å². The predicted octanol–water partition coefficient (Wildman–Crippen LogP) is 2.73. The van der Waals surface area contributed by atoms with Gasteiger partial charge in [-0.1, -0.05) is 19.1 Å². The molecule has 0 unspecified atom stereocenters. The Hall–Kier alpha value is -3.30. The lowest BCUT2D eigenvalue weighted by molar-refractivity contribution is -0.384. The molecule has 1 aromatic heterocycles. The second kappa shape index (κ2) is 10.1. The van der Waals surface area contributed by atoms with Crippen molar-refractivity contribution in [1.29, 1.82) is 0 Å². The molecule has 0 atom stereocenters. The number of ether oxygens (including phenoxy) is 1. The Balaban J connectivity index is 2.24. The molecule has 0 aliphatic rings. The van der Waals surface area contributed by atoms with Crippen molar-refractivity contribution in [2.45, 2.75) is 20.4 Å². The van der Waals surface area contributed by atoms with Crippen LogP contribution >= 0.6 is 0 Å². The van der Waals surface area contributed by atoms with Gasteiger partial charge in [0.1, 0.15) is 11.6 Å². The Morgan fingerprint density at radius 1 is 1.23 bits per heavy atom. The van der Waals surface area contributed by atoms with E-state index < -0.39 is 4.92 Å². The molecule has 164 valence electrons. The Morgan fingerprint density at radius 3 is 2.68 bits per heavy atom. The maximum Gasteiger partial charge on any atom is 0.273 e. The van der Waals surface area contributed by atoms with Crippen LogP contribution in [0.2, 0.25) is 0 Å². The number of aromatic nitrogens is 2. The molecule has 0 amide bonds. The molecule has 0 aliphatic heterocycles. The Labute approximate surface area is 180 Å². The van der Waals surface area contributed by atoms with Crippen molar-refractivity contribution in [3.05, 3.63) is 68.8 Å². The Kier molecular flexibility index (Phi) is 7.32. The van der Waals surface area contributed by atoms with E-state index in [9.17, 15) is 14.9 Å². The second-order valence-corrected chi connectivity index (χ2v) is 7.00. The zero-order valence-electron chi connectivity index (χ0n) is 18.0. The van der Waals surface area contributed by atoms with E-state index in [-0.39, 0.29) is 17.0 Å². The summed E-state index contributed by atoms with van der Waals surface area (Å²) in [6, 6.07) is 11.5. The standard InChI is InChI=1S/C22H27N5O4/c1-4-25(13-12-23-3)15-21-24-18-9-7-6-8-17(18)22(28)26(21)19-11-10-16(27(29)30)14-20(19)31-5-2/h6-11,14,23H,4-5,12-13,15H2,1-3H3. The molecule has 3 rings (SSSR count). The SMILES string of the molecule is CCOc1cc([N+](=O)[O-])ccc1-n1c(CN(CC)CCNC)nc2ccccc2c1=O. The largest absolute Gasteiger partial charge is 0.491 e. The summed E-state index contributed by atoms with van der Waals surface area (Å²) in [4.78, 5) is 31.2. The number of nitrogens with one attached hydrogen (secondary N) is 1. The van der Waals surface area contributed by atoms with Gasteiger partial charge >= 0.3 is 0 Å². The first kappa shape index (κ1) is 22.4. The van der Waals surface area contributed by atoms with Gasteiger partial charge in [-0.25, -0.2) is 4.98 Å². The lowest BCUT2D eigenvalue weighted by Crippen LogP contribution is -2.34. The van der Waals surface area contributed by atoms with E-state index >= 15 is 0 Å². The van der Waals surface area contributed by atoms with Gasteiger partial charge in [0.15, 0.2) is 0 Å². The van der Waals surface area contributed by atoms with Crippen LogP contribution in [0.5, 0.6) is 5.75 Å². The maximum absolute atomic E-state index is 13.5. The summed E-state index contributed by atoms with van der Waals surface area (Å²) in [5.74, 6) is 0.826. The topological polar surface area (TPSA) is 103 Å². The first-order valence-electron chi connectivity index (χ1n) is 10.3. The molecule has 0 saturated carbocycles. The minimum atomic E-state index is -0.481. The van der Waals surface area contributed by atoms with Gasteiger partial charge in [-0.05, 0) is 38.7 Å². The van der Waals surface area contributed by atoms with Crippen molar-refractivity contribution in [3.8, 4) is 11.4 Å².